The molecule has 1 rings (SSSR count). The van der Waals surface area contributed by atoms with Crippen molar-refractivity contribution in [3.05, 3.63) is 23.3 Å². The first kappa shape index (κ1) is 15.5. The number of nitrogens with one attached hydrogen (secondary N) is 2. The number of sulfonamides is 1. The van der Waals surface area contributed by atoms with E-state index in [1.165, 1.54) is 0 Å². The molecule has 1 aromatic carbocycles. The molecule has 0 saturated carbocycles. The molecule has 0 aliphatic carbocycles. The van der Waals surface area contributed by atoms with Crippen molar-refractivity contribution >= 4 is 21.6 Å². The van der Waals surface area contributed by atoms with E-state index < -0.39 is 22.5 Å². The number of nitrogens with two attached hydrogens (primary N) is 1. The Morgan fingerprint density at radius 2 is 1.79 bits per heavy atom. The van der Waals surface area contributed by atoms with E-state index in [2.05, 4.69) is 10.0 Å². The first-order chi connectivity index (χ1) is 8.77. The van der Waals surface area contributed by atoms with Crippen LogP contribution in [0.2, 0.25) is 0 Å². The molecule has 6 nitrogen and oxygen atoms in total. The van der Waals surface area contributed by atoms with Gasteiger partial charge in [-0.2, -0.15) is 0 Å². The summed E-state index contributed by atoms with van der Waals surface area (Å²) in [5.74, 6) is -0.719. The molecule has 0 heterocycles. The number of carbonyl (C=O) groups excluding carboxylic acids is 1. The van der Waals surface area contributed by atoms with Gasteiger partial charge in [-0.3, -0.25) is 4.79 Å². The fourth-order valence-electron chi connectivity index (χ4n) is 1.92. The lowest BCUT2D eigenvalue weighted by molar-refractivity contribution is -0.116. The molecule has 0 radical (unpaired) electrons. The van der Waals surface area contributed by atoms with Crippen molar-refractivity contribution in [2.45, 2.75) is 25.7 Å². The maximum atomic E-state index is 12.1. The van der Waals surface area contributed by atoms with Crippen LogP contribution in [0.3, 0.4) is 0 Å². The van der Waals surface area contributed by atoms with Crippen molar-refractivity contribution in [3.8, 4) is 0 Å². The monoisotopic (exact) mass is 285 g/mol. The summed E-state index contributed by atoms with van der Waals surface area (Å²) in [6.45, 7) is 5.74. The zero-order valence-electron chi connectivity index (χ0n) is 11.3. The van der Waals surface area contributed by atoms with Crippen LogP contribution in [0, 0.1) is 13.8 Å². The predicted octanol–water partition coefficient (Wildman–Crippen LogP) is 0.499. The van der Waals surface area contributed by atoms with E-state index in [0.717, 1.165) is 12.2 Å². The molecule has 0 bridgehead atoms. The minimum atomic E-state index is -3.73. The number of hydrogen-bond donors (Lipinski definition) is 3. The van der Waals surface area contributed by atoms with Crippen LogP contribution in [0.25, 0.3) is 0 Å². The smallest absolute Gasteiger partial charge is 0.241 e. The molecule has 1 aromatic rings. The molecular formula is C12H19N3O3S. The first-order valence-electron chi connectivity index (χ1n) is 5.91. The van der Waals surface area contributed by atoms with Crippen LogP contribution in [-0.4, -0.2) is 27.4 Å². The minimum absolute atomic E-state index is 0.190. The lowest BCUT2D eigenvalue weighted by Gasteiger charge is -2.14. The van der Waals surface area contributed by atoms with E-state index in [1.54, 1.807) is 26.0 Å². The van der Waals surface area contributed by atoms with Crippen molar-refractivity contribution in [2.75, 3.05) is 18.4 Å². The molecule has 7 heteroatoms. The van der Waals surface area contributed by atoms with E-state index in [4.69, 9.17) is 5.73 Å². The molecule has 0 saturated heterocycles. The molecule has 1 amide bonds. The van der Waals surface area contributed by atoms with Crippen molar-refractivity contribution in [1.29, 1.82) is 0 Å². The lowest BCUT2D eigenvalue weighted by atomic mass is 10.1. The van der Waals surface area contributed by atoms with Crippen LogP contribution in [0.15, 0.2) is 17.0 Å². The Morgan fingerprint density at radius 1 is 1.26 bits per heavy atom. The summed E-state index contributed by atoms with van der Waals surface area (Å²) < 4.78 is 26.4. The Bertz CT molecular complexity index is 559. The predicted molar refractivity (Wildman–Crippen MR) is 74.5 cm³/mol. The van der Waals surface area contributed by atoms with Gasteiger partial charge >= 0.3 is 0 Å². The SMILES string of the molecule is CCNc1cc(C)c(S(=O)(=O)NCC(N)=O)c(C)c1. The maximum absolute atomic E-state index is 12.1. The van der Waals surface area contributed by atoms with Gasteiger partial charge in [0.25, 0.3) is 0 Å². The number of amides is 1. The standard InChI is InChI=1S/C12H19N3O3S/c1-4-14-10-5-8(2)12(9(3)6-10)19(17,18)15-7-11(13)16/h5-6,14-15H,4,7H2,1-3H3,(H2,13,16). The molecule has 0 aliphatic rings. The van der Waals surface area contributed by atoms with Gasteiger partial charge in [0.1, 0.15) is 0 Å². The largest absolute Gasteiger partial charge is 0.385 e. The molecule has 19 heavy (non-hydrogen) atoms. The van der Waals surface area contributed by atoms with E-state index in [-0.39, 0.29) is 4.90 Å². The number of anilines is 1. The van der Waals surface area contributed by atoms with Gasteiger partial charge in [-0.1, -0.05) is 0 Å². The number of carbonyl (C=O) groups is 1. The highest BCUT2D eigenvalue weighted by Gasteiger charge is 2.20. The Labute approximate surface area is 113 Å². The summed E-state index contributed by atoms with van der Waals surface area (Å²) in [7, 11) is -3.73. The molecule has 0 spiro atoms. The molecule has 0 aromatic heterocycles. The molecule has 4 N–H and O–H groups in total. The van der Waals surface area contributed by atoms with Crippen molar-refractivity contribution in [2.24, 2.45) is 5.73 Å². The lowest BCUT2D eigenvalue weighted by Crippen LogP contribution is -2.34. The highest BCUT2D eigenvalue weighted by molar-refractivity contribution is 7.89. The highest BCUT2D eigenvalue weighted by Crippen LogP contribution is 2.24. The van der Waals surface area contributed by atoms with E-state index >= 15 is 0 Å². The average Bonchev–Trinajstić information content (AvgIpc) is 2.25. The van der Waals surface area contributed by atoms with Crippen LogP contribution >= 0.6 is 0 Å². The maximum Gasteiger partial charge on any atom is 0.241 e. The summed E-state index contributed by atoms with van der Waals surface area (Å²) >= 11 is 0. The summed E-state index contributed by atoms with van der Waals surface area (Å²) in [6, 6.07) is 3.52. The van der Waals surface area contributed by atoms with E-state index in [9.17, 15) is 13.2 Å². The molecule has 0 fully saturated rings. The second-order valence-electron chi connectivity index (χ2n) is 4.26. The molecule has 0 atom stereocenters. The number of aryl methyl sites for hydroxylation is 2. The quantitative estimate of drug-likeness (QED) is 0.708. The second-order valence-corrected chi connectivity index (χ2v) is 5.96. The van der Waals surface area contributed by atoms with Crippen molar-refractivity contribution in [1.82, 2.24) is 4.72 Å². The highest BCUT2D eigenvalue weighted by atomic mass is 32.2. The topological polar surface area (TPSA) is 101 Å². The van der Waals surface area contributed by atoms with Crippen LogP contribution < -0.4 is 15.8 Å². The molecule has 0 aliphatic heterocycles. The summed E-state index contributed by atoms with van der Waals surface area (Å²) in [6.07, 6.45) is 0. The molecular weight excluding hydrogens is 266 g/mol. The van der Waals surface area contributed by atoms with E-state index in [1.807, 2.05) is 6.92 Å². The zero-order valence-corrected chi connectivity index (χ0v) is 12.1. The third-order valence-electron chi connectivity index (χ3n) is 2.55. The molecule has 106 valence electrons. The van der Waals surface area contributed by atoms with Crippen LogP contribution in [0.4, 0.5) is 5.69 Å². The number of benzene rings is 1. The molecule has 0 unspecified atom stereocenters. The van der Waals surface area contributed by atoms with Gasteiger partial charge in [0.15, 0.2) is 0 Å². The Kier molecular flexibility index (Phi) is 4.90. The van der Waals surface area contributed by atoms with Crippen LogP contribution in [-0.2, 0) is 14.8 Å². The Hall–Kier alpha value is -1.60. The fourth-order valence-corrected chi connectivity index (χ4v) is 3.36. The summed E-state index contributed by atoms with van der Waals surface area (Å²) in [5.41, 5.74) is 7.05. The van der Waals surface area contributed by atoms with Crippen molar-refractivity contribution in [3.63, 3.8) is 0 Å². The number of primary amides is 1. The third kappa shape index (κ3) is 3.93. The van der Waals surface area contributed by atoms with Gasteiger partial charge in [0.2, 0.25) is 15.9 Å². The van der Waals surface area contributed by atoms with Crippen LogP contribution in [0.1, 0.15) is 18.1 Å². The number of rotatable bonds is 6. The third-order valence-corrected chi connectivity index (χ3v) is 4.25. The summed E-state index contributed by atoms with van der Waals surface area (Å²) in [5, 5.41) is 3.13. The van der Waals surface area contributed by atoms with E-state index in [0.29, 0.717) is 11.1 Å². The van der Waals surface area contributed by atoms with Gasteiger partial charge in [-0.15, -0.1) is 0 Å². The fraction of sp³-hybridized carbons (Fsp3) is 0.417. The Balaban J connectivity index is 3.16. The second kappa shape index (κ2) is 6.03. The van der Waals surface area contributed by atoms with Gasteiger partial charge in [-0.25, -0.2) is 13.1 Å². The van der Waals surface area contributed by atoms with Crippen LogP contribution in [0.5, 0.6) is 0 Å². The van der Waals surface area contributed by atoms with Gasteiger partial charge in [0, 0.05) is 12.2 Å². The Morgan fingerprint density at radius 3 is 2.21 bits per heavy atom. The normalized spacial score (nSPS) is 11.3. The average molecular weight is 285 g/mol. The summed E-state index contributed by atoms with van der Waals surface area (Å²) in [4.78, 5) is 10.9. The van der Waals surface area contributed by atoms with Gasteiger partial charge < -0.3 is 11.1 Å². The van der Waals surface area contributed by atoms with Crippen molar-refractivity contribution < 1.29 is 13.2 Å². The minimum Gasteiger partial charge on any atom is -0.385 e. The zero-order chi connectivity index (χ0) is 14.6. The number of hydrogen-bond acceptors (Lipinski definition) is 4. The van der Waals surface area contributed by atoms with Gasteiger partial charge in [0.05, 0.1) is 11.4 Å². The van der Waals surface area contributed by atoms with Gasteiger partial charge in [-0.05, 0) is 44.0 Å². The first-order valence-corrected chi connectivity index (χ1v) is 7.39.